The normalized spacial score (nSPS) is 15.1. The SMILES string of the molecule is Cl.Cl.[2H]C([2H])(N)C([2H])([2H])NS(=O)(=O)c1ccc(Cl)c2ccncc12. The van der Waals surface area contributed by atoms with Crippen molar-refractivity contribution in [1.29, 1.82) is 0 Å². The van der Waals surface area contributed by atoms with Crippen LogP contribution in [0.25, 0.3) is 10.8 Å². The lowest BCUT2D eigenvalue weighted by molar-refractivity contribution is 0.583. The summed E-state index contributed by atoms with van der Waals surface area (Å²) >= 11 is 5.99. The van der Waals surface area contributed by atoms with Crippen molar-refractivity contribution in [2.24, 2.45) is 5.73 Å². The van der Waals surface area contributed by atoms with Crippen LogP contribution in [-0.4, -0.2) is 26.4 Å². The van der Waals surface area contributed by atoms with Gasteiger partial charge in [-0.05, 0) is 18.2 Å². The van der Waals surface area contributed by atoms with Gasteiger partial charge in [-0.15, -0.1) is 24.8 Å². The summed E-state index contributed by atoms with van der Waals surface area (Å²) in [4.78, 5) is 3.56. The van der Waals surface area contributed by atoms with Gasteiger partial charge in [-0.2, -0.15) is 0 Å². The maximum atomic E-state index is 12.4. The van der Waals surface area contributed by atoms with Gasteiger partial charge >= 0.3 is 0 Å². The highest BCUT2D eigenvalue weighted by molar-refractivity contribution is 7.89. The molecule has 1 heterocycles. The first-order valence-corrected chi connectivity index (χ1v) is 6.67. The molecule has 0 unspecified atom stereocenters. The van der Waals surface area contributed by atoms with E-state index >= 15 is 0 Å². The number of fused-ring (bicyclic) bond motifs is 1. The number of nitrogens with zero attached hydrogens (tertiary/aromatic N) is 1. The number of nitrogens with one attached hydrogen (secondary N) is 1. The zero-order valence-electron chi connectivity index (χ0n) is 13.8. The summed E-state index contributed by atoms with van der Waals surface area (Å²) in [6.45, 7) is -5.90. The molecule has 0 fully saturated rings. The molecule has 0 spiro atoms. The minimum absolute atomic E-state index is 0. The first-order valence-electron chi connectivity index (χ1n) is 6.81. The van der Waals surface area contributed by atoms with Crippen LogP contribution >= 0.6 is 36.4 Å². The molecule has 112 valence electrons. The predicted molar refractivity (Wildman–Crippen MR) is 85.5 cm³/mol. The Labute approximate surface area is 140 Å². The van der Waals surface area contributed by atoms with Crippen molar-refractivity contribution in [1.82, 2.24) is 9.71 Å². The van der Waals surface area contributed by atoms with E-state index in [1.54, 1.807) is 4.72 Å². The van der Waals surface area contributed by atoms with Crippen molar-refractivity contribution in [3.8, 4) is 0 Å². The number of halogens is 3. The summed E-state index contributed by atoms with van der Waals surface area (Å²) in [5.74, 6) is 0. The van der Waals surface area contributed by atoms with Gasteiger partial charge in [0.15, 0.2) is 0 Å². The molecule has 0 aliphatic heterocycles. The summed E-state index contributed by atoms with van der Waals surface area (Å²) in [6.07, 6.45) is 2.72. The molecule has 1 aromatic heterocycles. The topological polar surface area (TPSA) is 85.1 Å². The van der Waals surface area contributed by atoms with E-state index in [1.165, 1.54) is 30.6 Å². The molecule has 0 atom stereocenters. The number of hydrogen-bond acceptors (Lipinski definition) is 4. The van der Waals surface area contributed by atoms with Gasteiger partial charge in [0.2, 0.25) is 10.0 Å². The summed E-state index contributed by atoms with van der Waals surface area (Å²) in [5.41, 5.74) is 5.03. The lowest BCUT2D eigenvalue weighted by Crippen LogP contribution is -2.29. The van der Waals surface area contributed by atoms with Gasteiger partial charge in [-0.1, -0.05) is 11.6 Å². The van der Waals surface area contributed by atoms with Gasteiger partial charge in [0.25, 0.3) is 0 Å². The van der Waals surface area contributed by atoms with E-state index in [0.717, 1.165) is 0 Å². The van der Waals surface area contributed by atoms with Crippen LogP contribution in [0, 0.1) is 0 Å². The van der Waals surface area contributed by atoms with E-state index in [1.807, 2.05) is 0 Å². The molecular weight excluding hydrogens is 345 g/mol. The number of aromatic nitrogens is 1. The van der Waals surface area contributed by atoms with Gasteiger partial charge in [-0.3, -0.25) is 4.98 Å². The number of rotatable bonds is 4. The first kappa shape index (κ1) is 13.1. The zero-order valence-corrected chi connectivity index (χ0v) is 13.0. The van der Waals surface area contributed by atoms with Crippen LogP contribution in [0.2, 0.25) is 5.02 Å². The first-order chi connectivity index (χ1) is 9.96. The van der Waals surface area contributed by atoms with E-state index < -0.39 is 23.0 Å². The molecule has 0 saturated heterocycles. The predicted octanol–water partition coefficient (Wildman–Crippen LogP) is 1.97. The van der Waals surface area contributed by atoms with Gasteiger partial charge < -0.3 is 5.73 Å². The van der Waals surface area contributed by atoms with Crippen LogP contribution in [0.5, 0.6) is 0 Å². The van der Waals surface area contributed by atoms with Crippen molar-refractivity contribution in [3.05, 3.63) is 35.6 Å². The van der Waals surface area contributed by atoms with Crippen LogP contribution in [0.3, 0.4) is 0 Å². The Morgan fingerprint density at radius 2 is 2.00 bits per heavy atom. The molecule has 20 heavy (non-hydrogen) atoms. The summed E-state index contributed by atoms with van der Waals surface area (Å²) in [6, 6.07) is 4.06. The number of benzene rings is 1. The second-order valence-electron chi connectivity index (χ2n) is 3.34. The molecule has 0 radical (unpaired) electrons. The monoisotopic (exact) mass is 361 g/mol. The Morgan fingerprint density at radius 1 is 1.30 bits per heavy atom. The Balaban J connectivity index is 0.00000264. The third-order valence-corrected chi connectivity index (χ3v) is 3.91. The number of nitrogens with two attached hydrogens (primary N) is 1. The van der Waals surface area contributed by atoms with Crippen molar-refractivity contribution in [2.45, 2.75) is 4.90 Å². The summed E-state index contributed by atoms with van der Waals surface area (Å²) in [7, 11) is -4.39. The highest BCUT2D eigenvalue weighted by Gasteiger charge is 2.17. The van der Waals surface area contributed by atoms with Crippen molar-refractivity contribution in [3.63, 3.8) is 0 Å². The fourth-order valence-corrected chi connectivity index (χ4v) is 2.74. The third-order valence-electron chi connectivity index (χ3n) is 2.27. The van der Waals surface area contributed by atoms with Gasteiger partial charge in [-0.25, -0.2) is 13.1 Å². The Hall–Kier alpha value is -0.630. The van der Waals surface area contributed by atoms with Crippen LogP contribution in [0.4, 0.5) is 0 Å². The van der Waals surface area contributed by atoms with E-state index in [-0.39, 0.29) is 35.1 Å². The molecule has 0 amide bonds. The Morgan fingerprint density at radius 3 is 2.65 bits per heavy atom. The quantitative estimate of drug-likeness (QED) is 0.871. The number of hydrogen-bond donors (Lipinski definition) is 2. The molecule has 0 saturated carbocycles. The smallest absolute Gasteiger partial charge is 0.241 e. The number of sulfonamides is 1. The standard InChI is InChI=1S/C11H12ClN3O2S.2ClH/c12-10-1-2-11(18(16,17)15-6-4-13)9-7-14-5-3-8(9)10;;/h1-3,5,7,15H,4,6,13H2;2*1H/i4D2,6D2;;. The average Bonchev–Trinajstić information content (AvgIpc) is 2.36. The van der Waals surface area contributed by atoms with E-state index in [4.69, 9.17) is 22.8 Å². The van der Waals surface area contributed by atoms with Crippen LogP contribution in [-0.2, 0) is 10.0 Å². The van der Waals surface area contributed by atoms with Crippen molar-refractivity contribution in [2.75, 3.05) is 13.0 Å². The minimum atomic E-state index is -4.39. The summed E-state index contributed by atoms with van der Waals surface area (Å²) < 4.78 is 55.7. The van der Waals surface area contributed by atoms with Crippen molar-refractivity contribution < 1.29 is 13.9 Å². The number of pyridine rings is 1. The molecule has 2 rings (SSSR count). The molecule has 0 bridgehead atoms. The lowest BCUT2D eigenvalue weighted by atomic mass is 10.2. The lowest BCUT2D eigenvalue weighted by Gasteiger charge is -2.09. The van der Waals surface area contributed by atoms with Gasteiger partial charge in [0.05, 0.1) is 4.90 Å². The largest absolute Gasteiger partial charge is 0.329 e. The van der Waals surface area contributed by atoms with Gasteiger partial charge in [0, 0.05) is 46.7 Å². The van der Waals surface area contributed by atoms with Crippen LogP contribution in [0.1, 0.15) is 5.48 Å². The maximum Gasteiger partial charge on any atom is 0.241 e. The van der Waals surface area contributed by atoms with E-state index in [2.05, 4.69) is 4.98 Å². The molecular formula is C11H14Cl3N3O2S. The second-order valence-corrected chi connectivity index (χ2v) is 5.40. The van der Waals surface area contributed by atoms with Crippen LogP contribution in [0.15, 0.2) is 35.5 Å². The summed E-state index contributed by atoms with van der Waals surface area (Å²) in [5, 5.41) is 0.931. The molecule has 1 aromatic carbocycles. The van der Waals surface area contributed by atoms with E-state index in [9.17, 15) is 8.42 Å². The van der Waals surface area contributed by atoms with Crippen molar-refractivity contribution >= 4 is 57.2 Å². The average molecular weight is 363 g/mol. The molecule has 2 aromatic rings. The fraction of sp³-hybridized carbons (Fsp3) is 0.182. The van der Waals surface area contributed by atoms with E-state index in [0.29, 0.717) is 10.4 Å². The maximum absolute atomic E-state index is 12.4. The van der Waals surface area contributed by atoms with Crippen LogP contribution < -0.4 is 10.5 Å². The molecule has 9 heteroatoms. The molecule has 0 aliphatic rings. The molecule has 3 N–H and O–H groups in total. The highest BCUT2D eigenvalue weighted by atomic mass is 35.5. The fourth-order valence-electron chi connectivity index (χ4n) is 1.51. The van der Waals surface area contributed by atoms with Gasteiger partial charge in [0.1, 0.15) is 0 Å². The Kier molecular flexibility index (Phi) is 5.21. The minimum Gasteiger partial charge on any atom is -0.329 e. The second kappa shape index (κ2) is 7.97. The highest BCUT2D eigenvalue weighted by Crippen LogP contribution is 2.28. The molecule has 5 nitrogen and oxygen atoms in total. The third kappa shape index (κ3) is 3.94. The molecule has 0 aliphatic carbocycles. The Bertz CT molecular complexity index is 831. The zero-order chi connectivity index (χ0) is 16.8.